The van der Waals surface area contributed by atoms with E-state index in [9.17, 15) is 19.0 Å². The number of esters is 1. The summed E-state index contributed by atoms with van der Waals surface area (Å²) in [6.45, 7) is 6.69. The number of carbonyl (C=O) groups excluding carboxylic acids is 2. The van der Waals surface area contributed by atoms with Crippen LogP contribution in [-0.2, 0) is 27.9 Å². The summed E-state index contributed by atoms with van der Waals surface area (Å²) in [6, 6.07) is -0.909. The number of nitrogens with zero attached hydrogens (tertiary/aromatic N) is 1. The molecular weight excluding hydrogens is 964 g/mol. The summed E-state index contributed by atoms with van der Waals surface area (Å²) in [5.74, 6) is -0.579. The van der Waals surface area contributed by atoms with E-state index in [1.54, 1.807) is 0 Å². The second-order valence-corrected chi connectivity index (χ2v) is 23.6. The molecule has 0 saturated heterocycles. The first-order chi connectivity index (χ1) is 36.9. The van der Waals surface area contributed by atoms with Crippen molar-refractivity contribution in [3.05, 3.63) is 85.1 Å². The molecule has 0 heterocycles. The molecule has 0 aliphatic carbocycles. The molecule has 3 unspecified atom stereocenters. The van der Waals surface area contributed by atoms with Crippen molar-refractivity contribution in [1.29, 1.82) is 0 Å². The highest BCUT2D eigenvalue weighted by Crippen LogP contribution is 2.38. The molecule has 9 nitrogen and oxygen atoms in total. The molecule has 0 aliphatic rings. The van der Waals surface area contributed by atoms with Crippen molar-refractivity contribution in [3.63, 3.8) is 0 Å². The van der Waals surface area contributed by atoms with E-state index in [1.807, 2.05) is 33.3 Å². The molecule has 0 rings (SSSR count). The van der Waals surface area contributed by atoms with Gasteiger partial charge < -0.3 is 28.5 Å². The highest BCUT2D eigenvalue weighted by molar-refractivity contribution is 7.45. The van der Waals surface area contributed by atoms with E-state index in [0.717, 1.165) is 89.9 Å². The van der Waals surface area contributed by atoms with E-state index in [4.69, 9.17) is 13.8 Å². The zero-order valence-corrected chi connectivity index (χ0v) is 51.1. The van der Waals surface area contributed by atoms with E-state index < -0.39 is 26.6 Å². The smallest absolute Gasteiger partial charge is 0.306 e. The number of unbranched alkanes of at least 4 members (excludes halogenated alkanes) is 28. The van der Waals surface area contributed by atoms with Gasteiger partial charge in [-0.15, -0.1) is 0 Å². The number of likely N-dealkylation sites (N-methyl/N-ethyl adjacent to an activating group) is 1. The van der Waals surface area contributed by atoms with Crippen LogP contribution in [0.4, 0.5) is 0 Å². The van der Waals surface area contributed by atoms with Crippen LogP contribution < -0.4 is 10.2 Å². The first-order valence-corrected chi connectivity index (χ1v) is 32.9. The lowest BCUT2D eigenvalue weighted by Crippen LogP contribution is -2.47. The Morgan fingerprint density at radius 1 is 0.474 bits per heavy atom. The third-order valence-electron chi connectivity index (χ3n) is 13.6. The molecule has 0 aromatic carbocycles. The standard InChI is InChI=1S/C66H119N2O7P/c1-7-10-13-16-19-22-25-28-30-32-33-34-35-36-38-41-44-47-50-53-56-59-66(70)75-64(57-54-51-48-45-42-39-27-24-21-18-15-12-9-3)63(62-74-76(71,72)73-61-60-68(4,5)6)67-65(69)58-55-52-49-46-43-40-37-31-29-26-23-20-17-14-11-8-2/h11,14,19-20,22-23,28-31,40,43,54,57,63-64H,7-10,12-13,15-18,21,24-27,32-39,41-42,44-53,55-56,58-62H2,1-6H3,(H-,67,69,71,72)/b14-11+,22-19-,23-20+,30-28-,31-29+,43-40+,57-54+. The van der Waals surface area contributed by atoms with Crippen molar-refractivity contribution < 1.29 is 37.3 Å². The van der Waals surface area contributed by atoms with Gasteiger partial charge in [-0.25, -0.2) is 0 Å². The number of allylic oxidation sites excluding steroid dienone is 13. The summed E-state index contributed by atoms with van der Waals surface area (Å²) in [6.07, 6.45) is 72.6. The summed E-state index contributed by atoms with van der Waals surface area (Å²) >= 11 is 0. The van der Waals surface area contributed by atoms with Crippen LogP contribution in [0.25, 0.3) is 0 Å². The summed E-state index contributed by atoms with van der Waals surface area (Å²) < 4.78 is 30.3. The van der Waals surface area contributed by atoms with Crippen molar-refractivity contribution in [2.75, 3.05) is 40.9 Å². The van der Waals surface area contributed by atoms with Crippen molar-refractivity contribution >= 4 is 19.7 Å². The molecule has 0 bridgehead atoms. The molecule has 0 fully saturated rings. The minimum absolute atomic E-state index is 0.0320. The third-order valence-corrected chi connectivity index (χ3v) is 14.5. The number of phosphoric ester groups is 1. The van der Waals surface area contributed by atoms with E-state index in [1.165, 1.54) is 141 Å². The molecule has 0 aromatic heterocycles. The number of phosphoric acid groups is 1. The number of carbonyl (C=O) groups is 2. The molecule has 0 aromatic rings. The van der Waals surface area contributed by atoms with Crippen molar-refractivity contribution in [3.8, 4) is 0 Å². The maximum atomic E-state index is 13.5. The molecule has 0 saturated carbocycles. The predicted octanol–water partition coefficient (Wildman–Crippen LogP) is 18.8. The average Bonchev–Trinajstić information content (AvgIpc) is 3.38. The molecule has 440 valence electrons. The first kappa shape index (κ1) is 73.2. The molecule has 76 heavy (non-hydrogen) atoms. The summed E-state index contributed by atoms with van der Waals surface area (Å²) in [4.78, 5) is 40.0. The van der Waals surface area contributed by atoms with Crippen LogP contribution in [0.2, 0.25) is 0 Å². The van der Waals surface area contributed by atoms with Gasteiger partial charge >= 0.3 is 5.97 Å². The normalized spacial score (nSPS) is 14.2. The van der Waals surface area contributed by atoms with E-state index >= 15 is 0 Å². The van der Waals surface area contributed by atoms with Gasteiger partial charge in [0.2, 0.25) is 5.91 Å². The monoisotopic (exact) mass is 1080 g/mol. The van der Waals surface area contributed by atoms with Gasteiger partial charge in [0.15, 0.2) is 0 Å². The van der Waals surface area contributed by atoms with Gasteiger partial charge in [-0.05, 0) is 102 Å². The fourth-order valence-electron chi connectivity index (χ4n) is 8.72. The van der Waals surface area contributed by atoms with Crippen molar-refractivity contribution in [1.82, 2.24) is 5.32 Å². The van der Waals surface area contributed by atoms with Crippen LogP contribution in [0.15, 0.2) is 85.1 Å². The third kappa shape index (κ3) is 55.9. The van der Waals surface area contributed by atoms with Gasteiger partial charge in [-0.2, -0.15) is 0 Å². The molecule has 1 amide bonds. The highest BCUT2D eigenvalue weighted by Gasteiger charge is 2.27. The highest BCUT2D eigenvalue weighted by atomic mass is 31.2. The Labute approximate surface area is 469 Å². The minimum Gasteiger partial charge on any atom is -0.756 e. The Kier molecular flexibility index (Phi) is 53.5. The van der Waals surface area contributed by atoms with Crippen molar-refractivity contribution in [2.24, 2.45) is 0 Å². The van der Waals surface area contributed by atoms with Gasteiger partial charge in [0.25, 0.3) is 7.82 Å². The van der Waals surface area contributed by atoms with Gasteiger partial charge in [-0.3, -0.25) is 14.2 Å². The lowest BCUT2D eigenvalue weighted by molar-refractivity contribution is -0.870. The Morgan fingerprint density at radius 2 is 0.842 bits per heavy atom. The minimum atomic E-state index is -4.71. The number of hydrogen-bond acceptors (Lipinski definition) is 7. The fraction of sp³-hybridized carbons (Fsp3) is 0.758. The van der Waals surface area contributed by atoms with Crippen LogP contribution in [0.1, 0.15) is 271 Å². The number of rotatable bonds is 56. The summed E-state index contributed by atoms with van der Waals surface area (Å²) in [7, 11) is 1.16. The number of quaternary nitrogens is 1. The van der Waals surface area contributed by atoms with E-state index in [-0.39, 0.29) is 31.3 Å². The second-order valence-electron chi connectivity index (χ2n) is 22.2. The molecular formula is C66H119N2O7P. The van der Waals surface area contributed by atoms with Crippen LogP contribution in [0.3, 0.4) is 0 Å². The topological polar surface area (TPSA) is 114 Å². The number of ether oxygens (including phenoxy) is 1. The van der Waals surface area contributed by atoms with Crippen LogP contribution in [-0.4, -0.2) is 69.4 Å². The van der Waals surface area contributed by atoms with Gasteiger partial charge in [0, 0.05) is 12.8 Å². The molecule has 3 atom stereocenters. The zero-order valence-electron chi connectivity index (χ0n) is 50.2. The quantitative estimate of drug-likeness (QED) is 0.0212. The summed E-state index contributed by atoms with van der Waals surface area (Å²) in [5.41, 5.74) is 0. The second kappa shape index (κ2) is 55.5. The maximum Gasteiger partial charge on any atom is 0.306 e. The van der Waals surface area contributed by atoms with E-state index in [0.29, 0.717) is 17.4 Å². The lowest BCUT2D eigenvalue weighted by atomic mass is 10.0. The summed E-state index contributed by atoms with van der Waals surface area (Å²) in [5, 5.41) is 3.01. The Bertz CT molecular complexity index is 1580. The lowest BCUT2D eigenvalue weighted by Gasteiger charge is -2.30. The first-order valence-electron chi connectivity index (χ1n) is 31.4. The largest absolute Gasteiger partial charge is 0.756 e. The van der Waals surface area contributed by atoms with Crippen LogP contribution >= 0.6 is 7.82 Å². The number of hydrogen-bond donors (Lipinski definition) is 1. The Morgan fingerprint density at radius 3 is 1.30 bits per heavy atom. The Hall–Kier alpha value is -2.81. The number of amides is 1. The molecule has 0 radical (unpaired) electrons. The van der Waals surface area contributed by atoms with Gasteiger partial charge in [0.1, 0.15) is 19.3 Å². The fourth-order valence-corrected chi connectivity index (χ4v) is 9.44. The van der Waals surface area contributed by atoms with Gasteiger partial charge in [0.05, 0.1) is 33.8 Å². The molecule has 0 spiro atoms. The Balaban J connectivity index is 5.30. The predicted molar refractivity (Wildman–Crippen MR) is 325 cm³/mol. The van der Waals surface area contributed by atoms with Crippen LogP contribution in [0, 0.1) is 0 Å². The van der Waals surface area contributed by atoms with E-state index in [2.05, 4.69) is 99.0 Å². The molecule has 0 aliphatic heterocycles. The molecule has 10 heteroatoms. The maximum absolute atomic E-state index is 13.5. The molecule has 1 N–H and O–H groups in total. The van der Waals surface area contributed by atoms with Gasteiger partial charge in [-0.1, -0.05) is 241 Å². The SMILES string of the molecule is CC/C=C/C/C=C/C/C=C/C/C=C/CCCCCC(=O)NC(COP(=O)([O-])OCC[N+](C)(C)C)C(/C=C/CCCCCCCCCCCCC)OC(=O)CCCCCCCCCCCCC/C=C\C/C=C\CCCCC. The van der Waals surface area contributed by atoms with Crippen molar-refractivity contribution in [2.45, 2.75) is 283 Å². The zero-order chi connectivity index (χ0) is 55.7. The van der Waals surface area contributed by atoms with Crippen LogP contribution in [0.5, 0.6) is 0 Å². The average molecular weight is 1080 g/mol. The number of nitrogens with one attached hydrogen (secondary N) is 1.